The molecule has 1 saturated heterocycles. The molecule has 1 aliphatic heterocycles. The third-order valence-corrected chi connectivity index (χ3v) is 3.14. The van der Waals surface area contributed by atoms with Crippen molar-refractivity contribution in [1.29, 1.82) is 0 Å². The van der Waals surface area contributed by atoms with Crippen LogP contribution in [0.3, 0.4) is 0 Å². The quantitative estimate of drug-likeness (QED) is 0.429. The summed E-state index contributed by atoms with van der Waals surface area (Å²) in [7, 11) is 1.05. The minimum absolute atomic E-state index is 0.443. The lowest BCUT2D eigenvalue weighted by Crippen LogP contribution is -2.41. The molecule has 2 unspecified atom stereocenters. The maximum Gasteiger partial charge on any atom is 0.355 e. The predicted octanol–water partition coefficient (Wildman–Crippen LogP) is -3.07. The molecule has 1 aliphatic rings. The van der Waals surface area contributed by atoms with Crippen molar-refractivity contribution in [3.63, 3.8) is 0 Å². The lowest BCUT2D eigenvalue weighted by molar-refractivity contribution is -0.0563. The molecule has 116 valence electrons. The number of aromatic amines is 1. The summed E-state index contributed by atoms with van der Waals surface area (Å²) in [6, 6.07) is 0.808. The molecule has 0 saturated carbocycles. The van der Waals surface area contributed by atoms with E-state index in [0.29, 0.717) is 4.57 Å². The highest BCUT2D eigenvalue weighted by molar-refractivity contribution is 5.87. The standard InChI is InChI=1S/C11H14N2O8/c1-20-10(18)4-2-6(15)12-11(19)13(4)9-8(17)7(16)5(3-14)21-9/h2,5,7-9,14,16-17H,3H2,1H3,(H,12,15,19)/t5-,7?,8?,9-/m0/s1. The zero-order valence-electron chi connectivity index (χ0n) is 10.9. The second-order valence-electron chi connectivity index (χ2n) is 4.41. The number of hydrogen-bond acceptors (Lipinski definition) is 8. The fraction of sp³-hybridized carbons (Fsp3) is 0.545. The number of hydrogen-bond donors (Lipinski definition) is 4. The number of esters is 1. The number of nitrogens with one attached hydrogen (secondary N) is 1. The highest BCUT2D eigenvalue weighted by atomic mass is 16.6. The van der Waals surface area contributed by atoms with Gasteiger partial charge in [-0.25, -0.2) is 9.59 Å². The van der Waals surface area contributed by atoms with Gasteiger partial charge in [0.2, 0.25) is 0 Å². The van der Waals surface area contributed by atoms with Gasteiger partial charge in [-0.3, -0.25) is 14.3 Å². The monoisotopic (exact) mass is 302 g/mol. The molecule has 1 aromatic rings. The van der Waals surface area contributed by atoms with E-state index in [1.165, 1.54) is 0 Å². The zero-order chi connectivity index (χ0) is 15.7. The van der Waals surface area contributed by atoms with Gasteiger partial charge in [-0.2, -0.15) is 0 Å². The molecule has 2 heterocycles. The number of rotatable bonds is 3. The maximum atomic E-state index is 11.9. The van der Waals surface area contributed by atoms with E-state index in [1.54, 1.807) is 0 Å². The van der Waals surface area contributed by atoms with Crippen molar-refractivity contribution in [1.82, 2.24) is 9.55 Å². The summed E-state index contributed by atoms with van der Waals surface area (Å²) in [4.78, 5) is 36.7. The minimum Gasteiger partial charge on any atom is -0.464 e. The summed E-state index contributed by atoms with van der Waals surface area (Å²) in [5.74, 6) is -0.990. The number of nitrogens with zero attached hydrogens (tertiary/aromatic N) is 1. The normalized spacial score (nSPS) is 28.6. The van der Waals surface area contributed by atoms with Crippen molar-refractivity contribution in [2.75, 3.05) is 13.7 Å². The molecule has 1 fully saturated rings. The van der Waals surface area contributed by atoms with E-state index in [2.05, 4.69) is 4.74 Å². The van der Waals surface area contributed by atoms with E-state index in [0.717, 1.165) is 13.2 Å². The fourth-order valence-electron chi connectivity index (χ4n) is 2.11. The van der Waals surface area contributed by atoms with E-state index in [-0.39, 0.29) is 0 Å². The Hall–Kier alpha value is -2.01. The van der Waals surface area contributed by atoms with Crippen LogP contribution in [0.15, 0.2) is 15.7 Å². The van der Waals surface area contributed by atoms with Gasteiger partial charge in [0, 0.05) is 6.07 Å². The lowest BCUT2D eigenvalue weighted by Gasteiger charge is -2.19. The summed E-state index contributed by atoms with van der Waals surface area (Å²) in [5, 5.41) is 28.6. The Labute approximate surface area is 117 Å². The molecule has 4 N–H and O–H groups in total. The van der Waals surface area contributed by atoms with Gasteiger partial charge >= 0.3 is 11.7 Å². The number of aromatic nitrogens is 2. The third kappa shape index (κ3) is 2.61. The van der Waals surface area contributed by atoms with Gasteiger partial charge in [-0.15, -0.1) is 0 Å². The zero-order valence-corrected chi connectivity index (χ0v) is 10.9. The Morgan fingerprint density at radius 2 is 2.10 bits per heavy atom. The van der Waals surface area contributed by atoms with Crippen LogP contribution >= 0.6 is 0 Å². The van der Waals surface area contributed by atoms with Crippen LogP contribution in [0.2, 0.25) is 0 Å². The molecule has 2 rings (SSSR count). The number of carbonyl (C=O) groups is 1. The van der Waals surface area contributed by atoms with Crippen molar-refractivity contribution >= 4 is 5.97 Å². The molecule has 0 aromatic carbocycles. The van der Waals surface area contributed by atoms with Crippen LogP contribution < -0.4 is 11.2 Å². The summed E-state index contributed by atoms with van der Waals surface area (Å²) < 4.78 is 10.3. The van der Waals surface area contributed by atoms with Gasteiger partial charge in [-0.05, 0) is 0 Å². The number of H-pyrrole nitrogens is 1. The van der Waals surface area contributed by atoms with Crippen molar-refractivity contribution in [3.8, 4) is 0 Å². The second kappa shape index (κ2) is 5.77. The first kappa shape index (κ1) is 15.4. The second-order valence-corrected chi connectivity index (χ2v) is 4.41. The first-order valence-electron chi connectivity index (χ1n) is 5.97. The Morgan fingerprint density at radius 3 is 2.62 bits per heavy atom. The molecule has 0 aliphatic carbocycles. The van der Waals surface area contributed by atoms with E-state index in [1.807, 2.05) is 4.98 Å². The van der Waals surface area contributed by atoms with Crippen LogP contribution in [0, 0.1) is 0 Å². The number of methoxy groups -OCH3 is 1. The summed E-state index contributed by atoms with van der Waals surface area (Å²) in [6.45, 7) is -0.597. The van der Waals surface area contributed by atoms with Gasteiger partial charge < -0.3 is 24.8 Å². The van der Waals surface area contributed by atoms with Crippen molar-refractivity contribution in [3.05, 3.63) is 32.6 Å². The van der Waals surface area contributed by atoms with E-state index >= 15 is 0 Å². The van der Waals surface area contributed by atoms with Crippen LogP contribution in [0.25, 0.3) is 0 Å². The van der Waals surface area contributed by atoms with Gasteiger partial charge in [-0.1, -0.05) is 0 Å². The van der Waals surface area contributed by atoms with Crippen molar-refractivity contribution in [2.24, 2.45) is 0 Å². The lowest BCUT2D eigenvalue weighted by atomic mass is 10.1. The summed E-state index contributed by atoms with van der Waals surface area (Å²) in [5.41, 5.74) is -2.29. The molecular formula is C11H14N2O8. The van der Waals surface area contributed by atoms with Gasteiger partial charge in [0.15, 0.2) is 6.23 Å². The maximum absolute atomic E-state index is 11.9. The molecule has 21 heavy (non-hydrogen) atoms. The molecular weight excluding hydrogens is 288 g/mol. The number of aliphatic hydroxyl groups excluding tert-OH is 3. The number of ether oxygens (including phenoxy) is 2. The molecule has 10 heteroatoms. The molecule has 0 spiro atoms. The van der Waals surface area contributed by atoms with Gasteiger partial charge in [0.25, 0.3) is 5.56 Å². The predicted molar refractivity (Wildman–Crippen MR) is 65.7 cm³/mol. The fourth-order valence-corrected chi connectivity index (χ4v) is 2.11. The van der Waals surface area contributed by atoms with E-state index < -0.39 is 54.1 Å². The van der Waals surface area contributed by atoms with E-state index in [4.69, 9.17) is 9.84 Å². The average molecular weight is 302 g/mol. The summed E-state index contributed by atoms with van der Waals surface area (Å²) in [6.07, 6.45) is -5.61. The van der Waals surface area contributed by atoms with Gasteiger partial charge in [0.05, 0.1) is 13.7 Å². The van der Waals surface area contributed by atoms with Crippen LogP contribution in [-0.4, -0.2) is 62.9 Å². The Bertz CT molecular complexity index is 650. The topological polar surface area (TPSA) is 151 Å². The van der Waals surface area contributed by atoms with Crippen molar-refractivity contribution < 1.29 is 29.6 Å². The SMILES string of the molecule is COC(=O)c1cc(=O)[nH]c(=O)n1[C@H]1O[C@@H](CO)C(O)C1O. The first-order valence-corrected chi connectivity index (χ1v) is 5.97. The Kier molecular flexibility index (Phi) is 4.23. The highest BCUT2D eigenvalue weighted by Crippen LogP contribution is 2.28. The largest absolute Gasteiger partial charge is 0.464 e. The molecule has 1 aromatic heterocycles. The molecule has 0 bridgehead atoms. The summed E-state index contributed by atoms with van der Waals surface area (Å²) >= 11 is 0. The molecule has 0 amide bonds. The van der Waals surface area contributed by atoms with Crippen LogP contribution in [0.1, 0.15) is 16.7 Å². The minimum atomic E-state index is -1.57. The van der Waals surface area contributed by atoms with Crippen LogP contribution in [0.4, 0.5) is 0 Å². The van der Waals surface area contributed by atoms with Crippen LogP contribution in [-0.2, 0) is 9.47 Å². The molecule has 10 nitrogen and oxygen atoms in total. The number of carbonyl (C=O) groups excluding carboxylic acids is 1. The Balaban J connectivity index is 2.56. The molecule has 0 radical (unpaired) electrons. The average Bonchev–Trinajstić information content (AvgIpc) is 2.73. The highest BCUT2D eigenvalue weighted by Gasteiger charge is 2.45. The van der Waals surface area contributed by atoms with E-state index in [9.17, 15) is 24.6 Å². The van der Waals surface area contributed by atoms with Crippen LogP contribution in [0.5, 0.6) is 0 Å². The smallest absolute Gasteiger partial charge is 0.355 e. The van der Waals surface area contributed by atoms with Crippen molar-refractivity contribution in [2.45, 2.75) is 24.5 Å². The first-order chi connectivity index (χ1) is 9.90. The third-order valence-electron chi connectivity index (χ3n) is 3.14. The number of aliphatic hydroxyl groups is 3. The Morgan fingerprint density at radius 1 is 1.43 bits per heavy atom. The molecule has 4 atom stereocenters. The van der Waals surface area contributed by atoms with Gasteiger partial charge in [0.1, 0.15) is 24.0 Å².